The summed E-state index contributed by atoms with van der Waals surface area (Å²) in [6.07, 6.45) is 1.62. The van der Waals surface area contributed by atoms with Gasteiger partial charge in [0.25, 0.3) is 0 Å². The lowest BCUT2D eigenvalue weighted by atomic mass is 10.1. The second kappa shape index (κ2) is 8.73. The molecule has 0 saturated carbocycles. The zero-order chi connectivity index (χ0) is 21.3. The summed E-state index contributed by atoms with van der Waals surface area (Å²) in [6, 6.07) is 18.4. The summed E-state index contributed by atoms with van der Waals surface area (Å²) < 4.78 is 13.4. The molecule has 0 heterocycles. The van der Waals surface area contributed by atoms with Crippen LogP contribution in [0.15, 0.2) is 70.7 Å². The minimum absolute atomic E-state index is 0.164. The van der Waals surface area contributed by atoms with E-state index in [1.165, 1.54) is 0 Å². The van der Waals surface area contributed by atoms with Crippen molar-refractivity contribution in [3.8, 4) is 11.5 Å². The molecular formula is C24H16BrIO4. The first kappa shape index (κ1) is 20.8. The summed E-state index contributed by atoms with van der Waals surface area (Å²) in [6.45, 7) is 0.395. The van der Waals surface area contributed by atoms with Crippen molar-refractivity contribution in [2.75, 3.05) is 7.11 Å². The standard InChI is InChI=1S/C24H16BrIO4/c1-29-21-12-15(10-19-22(27)17-4-2-3-5-18(17)23(19)28)11-20(26)24(21)30-13-14-6-8-16(25)9-7-14/h2-12H,13H2,1H3. The zero-order valence-corrected chi connectivity index (χ0v) is 19.7. The first-order valence-corrected chi connectivity index (χ1v) is 11.0. The number of methoxy groups -OCH3 is 1. The molecule has 0 amide bonds. The van der Waals surface area contributed by atoms with Crippen LogP contribution in [0.5, 0.6) is 11.5 Å². The highest BCUT2D eigenvalue weighted by Crippen LogP contribution is 2.36. The molecule has 0 aromatic heterocycles. The van der Waals surface area contributed by atoms with E-state index in [1.54, 1.807) is 43.5 Å². The van der Waals surface area contributed by atoms with Gasteiger partial charge < -0.3 is 9.47 Å². The van der Waals surface area contributed by atoms with Gasteiger partial charge in [0.2, 0.25) is 0 Å². The van der Waals surface area contributed by atoms with Crippen molar-refractivity contribution < 1.29 is 19.1 Å². The number of benzene rings is 3. The first-order chi connectivity index (χ1) is 14.5. The smallest absolute Gasteiger partial charge is 0.197 e. The third-order valence-corrected chi connectivity index (χ3v) is 6.09. The van der Waals surface area contributed by atoms with Crippen LogP contribution in [-0.2, 0) is 6.61 Å². The van der Waals surface area contributed by atoms with Crippen molar-refractivity contribution in [3.63, 3.8) is 0 Å². The molecular weight excluding hydrogens is 559 g/mol. The molecule has 0 saturated heterocycles. The summed E-state index contributed by atoms with van der Waals surface area (Å²) in [4.78, 5) is 25.3. The van der Waals surface area contributed by atoms with Gasteiger partial charge >= 0.3 is 0 Å². The molecule has 0 bridgehead atoms. The Morgan fingerprint density at radius 1 is 0.967 bits per heavy atom. The predicted octanol–water partition coefficient (Wildman–Crippen LogP) is 6.10. The van der Waals surface area contributed by atoms with E-state index in [4.69, 9.17) is 9.47 Å². The molecule has 4 nitrogen and oxygen atoms in total. The Balaban J connectivity index is 1.63. The van der Waals surface area contributed by atoms with Crippen molar-refractivity contribution >= 4 is 56.2 Å². The van der Waals surface area contributed by atoms with Crippen LogP contribution < -0.4 is 9.47 Å². The van der Waals surface area contributed by atoms with Gasteiger partial charge in [-0.15, -0.1) is 0 Å². The Hall–Kier alpha value is -2.45. The molecule has 0 fully saturated rings. The van der Waals surface area contributed by atoms with Crippen LogP contribution in [0.2, 0.25) is 0 Å². The van der Waals surface area contributed by atoms with E-state index >= 15 is 0 Å². The molecule has 0 spiro atoms. The van der Waals surface area contributed by atoms with Crippen LogP contribution in [0.3, 0.4) is 0 Å². The maximum atomic E-state index is 12.7. The Kier molecular flexibility index (Phi) is 6.06. The fourth-order valence-corrected chi connectivity index (χ4v) is 4.31. The lowest BCUT2D eigenvalue weighted by Gasteiger charge is -2.14. The molecule has 150 valence electrons. The number of carbonyl (C=O) groups is 2. The normalized spacial score (nSPS) is 12.7. The van der Waals surface area contributed by atoms with Crippen LogP contribution in [0.1, 0.15) is 31.8 Å². The number of ketones is 2. The molecule has 0 atom stereocenters. The topological polar surface area (TPSA) is 52.6 Å². The van der Waals surface area contributed by atoms with Gasteiger partial charge in [0.15, 0.2) is 23.1 Å². The van der Waals surface area contributed by atoms with E-state index in [2.05, 4.69) is 38.5 Å². The summed E-state index contributed by atoms with van der Waals surface area (Å²) >= 11 is 5.59. The van der Waals surface area contributed by atoms with Gasteiger partial charge in [-0.3, -0.25) is 9.59 Å². The fraction of sp³-hybridized carbons (Fsp3) is 0.0833. The van der Waals surface area contributed by atoms with E-state index in [1.807, 2.05) is 30.3 Å². The number of hydrogen-bond acceptors (Lipinski definition) is 4. The third kappa shape index (κ3) is 4.06. The minimum atomic E-state index is -0.250. The third-order valence-electron chi connectivity index (χ3n) is 4.76. The van der Waals surface area contributed by atoms with Crippen molar-refractivity contribution in [2.24, 2.45) is 0 Å². The van der Waals surface area contributed by atoms with Crippen molar-refractivity contribution in [1.82, 2.24) is 0 Å². The molecule has 6 heteroatoms. The quantitative estimate of drug-likeness (QED) is 0.210. The van der Waals surface area contributed by atoms with Gasteiger partial charge in [0.05, 0.1) is 16.3 Å². The molecule has 0 N–H and O–H groups in total. The highest BCUT2D eigenvalue weighted by molar-refractivity contribution is 14.1. The number of Topliss-reactive ketones (excluding diaryl/α,β-unsaturated/α-hetero) is 2. The van der Waals surface area contributed by atoms with Crippen molar-refractivity contribution in [2.45, 2.75) is 6.61 Å². The van der Waals surface area contributed by atoms with Crippen LogP contribution in [-0.4, -0.2) is 18.7 Å². The number of ether oxygens (including phenoxy) is 2. The number of halogens is 2. The molecule has 3 aromatic carbocycles. The number of fused-ring (bicyclic) bond motifs is 1. The maximum absolute atomic E-state index is 12.7. The largest absolute Gasteiger partial charge is 0.493 e. The van der Waals surface area contributed by atoms with E-state index < -0.39 is 0 Å². The summed E-state index contributed by atoms with van der Waals surface area (Å²) in [5.41, 5.74) is 2.80. The highest BCUT2D eigenvalue weighted by atomic mass is 127. The Morgan fingerprint density at radius 3 is 2.20 bits per heavy atom. The van der Waals surface area contributed by atoms with E-state index in [-0.39, 0.29) is 17.1 Å². The van der Waals surface area contributed by atoms with E-state index in [9.17, 15) is 9.59 Å². The van der Waals surface area contributed by atoms with Crippen LogP contribution >= 0.6 is 38.5 Å². The molecule has 4 rings (SSSR count). The second-order valence-corrected chi connectivity index (χ2v) is 8.79. The predicted molar refractivity (Wildman–Crippen MR) is 127 cm³/mol. The van der Waals surface area contributed by atoms with Gasteiger partial charge in [-0.25, -0.2) is 0 Å². The van der Waals surface area contributed by atoms with Gasteiger partial charge in [-0.2, -0.15) is 0 Å². The van der Waals surface area contributed by atoms with Gasteiger partial charge in [0.1, 0.15) is 6.61 Å². The van der Waals surface area contributed by atoms with Gasteiger partial charge in [0, 0.05) is 15.6 Å². The average Bonchev–Trinajstić information content (AvgIpc) is 2.99. The molecule has 3 aromatic rings. The molecule has 1 aliphatic carbocycles. The fourth-order valence-electron chi connectivity index (χ4n) is 3.27. The SMILES string of the molecule is COc1cc(C=C2C(=O)c3ccccc3C2=O)cc(I)c1OCc1ccc(Br)cc1. The molecule has 0 unspecified atom stereocenters. The Bertz CT molecular complexity index is 1150. The van der Waals surface area contributed by atoms with Gasteiger partial charge in [-0.05, 0) is 64.1 Å². The lowest BCUT2D eigenvalue weighted by molar-refractivity contribution is 0.0990. The summed E-state index contributed by atoms with van der Waals surface area (Å²) in [5.74, 6) is 0.664. The van der Waals surface area contributed by atoms with E-state index in [0.29, 0.717) is 34.8 Å². The van der Waals surface area contributed by atoms with Crippen molar-refractivity contribution in [1.29, 1.82) is 0 Å². The molecule has 30 heavy (non-hydrogen) atoms. The molecule has 0 radical (unpaired) electrons. The number of carbonyl (C=O) groups excluding carboxylic acids is 2. The van der Waals surface area contributed by atoms with Gasteiger partial charge in [-0.1, -0.05) is 52.3 Å². The zero-order valence-electron chi connectivity index (χ0n) is 15.9. The lowest BCUT2D eigenvalue weighted by Crippen LogP contribution is -2.02. The highest BCUT2D eigenvalue weighted by Gasteiger charge is 2.32. The van der Waals surface area contributed by atoms with Crippen molar-refractivity contribution in [3.05, 3.63) is 96.5 Å². The Labute approximate surface area is 196 Å². The average molecular weight is 575 g/mol. The number of rotatable bonds is 5. The van der Waals surface area contributed by atoms with Crippen LogP contribution in [0.4, 0.5) is 0 Å². The Morgan fingerprint density at radius 2 is 1.60 bits per heavy atom. The first-order valence-electron chi connectivity index (χ1n) is 9.13. The van der Waals surface area contributed by atoms with Crippen LogP contribution in [0.25, 0.3) is 6.08 Å². The van der Waals surface area contributed by atoms with Crippen LogP contribution in [0, 0.1) is 3.57 Å². The molecule has 1 aliphatic rings. The minimum Gasteiger partial charge on any atom is -0.493 e. The van der Waals surface area contributed by atoms with E-state index in [0.717, 1.165) is 13.6 Å². The molecule has 0 aliphatic heterocycles. The number of hydrogen-bond donors (Lipinski definition) is 0. The summed E-state index contributed by atoms with van der Waals surface area (Å²) in [5, 5.41) is 0. The summed E-state index contributed by atoms with van der Waals surface area (Å²) in [7, 11) is 1.57. The second-order valence-electron chi connectivity index (χ2n) is 6.71. The monoisotopic (exact) mass is 574 g/mol. The maximum Gasteiger partial charge on any atom is 0.197 e. The number of allylic oxidation sites excluding steroid dienone is 1.